The zero-order chi connectivity index (χ0) is 15.1. The van der Waals surface area contributed by atoms with Crippen LogP contribution in [-0.2, 0) is 4.79 Å². The van der Waals surface area contributed by atoms with Gasteiger partial charge in [0.05, 0.1) is 18.7 Å². The molecule has 0 spiro atoms. The van der Waals surface area contributed by atoms with Gasteiger partial charge in [-0.15, -0.1) is 0 Å². The van der Waals surface area contributed by atoms with Crippen molar-refractivity contribution in [3.63, 3.8) is 0 Å². The molecule has 0 radical (unpaired) electrons. The summed E-state index contributed by atoms with van der Waals surface area (Å²) in [6.07, 6.45) is 5.52. The van der Waals surface area contributed by atoms with Crippen LogP contribution in [-0.4, -0.2) is 19.1 Å². The standard InChI is InChI=1S/C17H26N2O2/c1-13-6-2-3-7-14(13)12-19-17(20)10-11-21-16-9-5-4-8-15(16)18/h4-5,8-9,13-14H,2-3,6-7,10-12,18H2,1H3,(H,19,20). The zero-order valence-electron chi connectivity index (χ0n) is 12.8. The van der Waals surface area contributed by atoms with Gasteiger partial charge in [0.25, 0.3) is 0 Å². The highest BCUT2D eigenvalue weighted by Gasteiger charge is 2.21. The molecule has 1 aromatic rings. The summed E-state index contributed by atoms with van der Waals surface area (Å²) in [6, 6.07) is 7.34. The van der Waals surface area contributed by atoms with Crippen molar-refractivity contribution in [2.45, 2.75) is 39.0 Å². The summed E-state index contributed by atoms with van der Waals surface area (Å²) in [7, 11) is 0. The Morgan fingerprint density at radius 3 is 2.86 bits per heavy atom. The van der Waals surface area contributed by atoms with Crippen molar-refractivity contribution < 1.29 is 9.53 Å². The van der Waals surface area contributed by atoms with Crippen LogP contribution in [0.1, 0.15) is 39.0 Å². The molecule has 2 unspecified atom stereocenters. The Morgan fingerprint density at radius 1 is 1.33 bits per heavy atom. The second-order valence-electron chi connectivity index (χ2n) is 5.96. The van der Waals surface area contributed by atoms with E-state index in [-0.39, 0.29) is 5.91 Å². The molecule has 4 nitrogen and oxygen atoms in total. The average Bonchev–Trinajstić information content (AvgIpc) is 2.48. The first-order chi connectivity index (χ1) is 10.2. The minimum Gasteiger partial charge on any atom is -0.491 e. The van der Waals surface area contributed by atoms with Crippen LogP contribution in [0, 0.1) is 11.8 Å². The van der Waals surface area contributed by atoms with Gasteiger partial charge < -0.3 is 15.8 Å². The van der Waals surface area contributed by atoms with E-state index in [4.69, 9.17) is 10.5 Å². The van der Waals surface area contributed by atoms with Gasteiger partial charge in [0.15, 0.2) is 0 Å². The van der Waals surface area contributed by atoms with Crippen LogP contribution in [0.3, 0.4) is 0 Å². The van der Waals surface area contributed by atoms with E-state index in [0.717, 1.165) is 12.5 Å². The fraction of sp³-hybridized carbons (Fsp3) is 0.588. The van der Waals surface area contributed by atoms with Crippen molar-refractivity contribution in [3.8, 4) is 5.75 Å². The number of anilines is 1. The number of nitrogens with two attached hydrogens (primary N) is 1. The highest BCUT2D eigenvalue weighted by Crippen LogP contribution is 2.28. The zero-order valence-corrected chi connectivity index (χ0v) is 12.8. The van der Waals surface area contributed by atoms with Gasteiger partial charge in [-0.1, -0.05) is 38.3 Å². The van der Waals surface area contributed by atoms with Crippen LogP contribution in [0.5, 0.6) is 5.75 Å². The van der Waals surface area contributed by atoms with Gasteiger partial charge in [-0.05, 0) is 30.4 Å². The van der Waals surface area contributed by atoms with E-state index in [0.29, 0.717) is 30.4 Å². The van der Waals surface area contributed by atoms with Crippen molar-refractivity contribution >= 4 is 11.6 Å². The third kappa shape index (κ3) is 4.96. The lowest BCUT2D eigenvalue weighted by Crippen LogP contribution is -2.34. The molecular formula is C17H26N2O2. The van der Waals surface area contributed by atoms with Crippen LogP contribution >= 0.6 is 0 Å². The molecule has 21 heavy (non-hydrogen) atoms. The molecular weight excluding hydrogens is 264 g/mol. The minimum atomic E-state index is 0.0577. The van der Waals surface area contributed by atoms with Crippen LogP contribution in [0.25, 0.3) is 0 Å². The molecule has 0 aliphatic heterocycles. The molecule has 0 aromatic heterocycles. The molecule has 1 saturated carbocycles. The van der Waals surface area contributed by atoms with E-state index < -0.39 is 0 Å². The van der Waals surface area contributed by atoms with Crippen molar-refractivity contribution in [1.82, 2.24) is 5.32 Å². The number of rotatable bonds is 6. The number of benzene rings is 1. The number of carbonyl (C=O) groups excluding carboxylic acids is 1. The molecule has 1 aliphatic carbocycles. The smallest absolute Gasteiger partial charge is 0.223 e. The van der Waals surface area contributed by atoms with Crippen LogP contribution in [0.15, 0.2) is 24.3 Å². The summed E-state index contributed by atoms with van der Waals surface area (Å²) in [5.41, 5.74) is 6.39. The Kier molecular flexibility index (Phi) is 5.90. The highest BCUT2D eigenvalue weighted by molar-refractivity contribution is 5.76. The second-order valence-corrected chi connectivity index (χ2v) is 5.96. The van der Waals surface area contributed by atoms with Crippen molar-refractivity contribution in [2.75, 3.05) is 18.9 Å². The van der Waals surface area contributed by atoms with Gasteiger partial charge in [0.1, 0.15) is 5.75 Å². The molecule has 0 heterocycles. The lowest BCUT2D eigenvalue weighted by Gasteiger charge is -2.28. The van der Waals surface area contributed by atoms with E-state index in [1.807, 2.05) is 18.2 Å². The maximum Gasteiger partial charge on any atom is 0.223 e. The second kappa shape index (κ2) is 7.91. The third-order valence-corrected chi connectivity index (χ3v) is 4.36. The lowest BCUT2D eigenvalue weighted by atomic mass is 9.80. The van der Waals surface area contributed by atoms with Gasteiger partial charge in [-0.3, -0.25) is 4.79 Å². The molecule has 0 bridgehead atoms. The number of nitrogen functional groups attached to an aromatic ring is 1. The first-order valence-corrected chi connectivity index (χ1v) is 7.91. The molecule has 1 amide bonds. The maximum absolute atomic E-state index is 11.8. The monoisotopic (exact) mass is 290 g/mol. The fourth-order valence-corrected chi connectivity index (χ4v) is 2.90. The van der Waals surface area contributed by atoms with Crippen LogP contribution < -0.4 is 15.8 Å². The molecule has 2 rings (SSSR count). The maximum atomic E-state index is 11.8. The normalized spacial score (nSPS) is 21.8. The molecule has 2 atom stereocenters. The SMILES string of the molecule is CC1CCCCC1CNC(=O)CCOc1ccccc1N. The van der Waals surface area contributed by atoms with E-state index in [9.17, 15) is 4.79 Å². The summed E-state index contributed by atoms with van der Waals surface area (Å²) in [5, 5.41) is 3.03. The number of hydrogen-bond acceptors (Lipinski definition) is 3. The number of ether oxygens (including phenoxy) is 1. The minimum absolute atomic E-state index is 0.0577. The number of para-hydroxylation sites is 2. The molecule has 0 saturated heterocycles. The predicted octanol–water partition coefficient (Wildman–Crippen LogP) is 2.98. The molecule has 1 fully saturated rings. The quantitative estimate of drug-likeness (QED) is 0.792. The first-order valence-electron chi connectivity index (χ1n) is 7.91. The third-order valence-electron chi connectivity index (χ3n) is 4.36. The van der Waals surface area contributed by atoms with E-state index in [1.165, 1.54) is 25.7 Å². The number of hydrogen-bond donors (Lipinski definition) is 2. The molecule has 3 N–H and O–H groups in total. The lowest BCUT2D eigenvalue weighted by molar-refractivity contribution is -0.121. The van der Waals surface area contributed by atoms with Crippen molar-refractivity contribution in [3.05, 3.63) is 24.3 Å². The summed E-state index contributed by atoms with van der Waals surface area (Å²) >= 11 is 0. The Labute approximate surface area is 127 Å². The van der Waals surface area contributed by atoms with Crippen molar-refractivity contribution in [1.29, 1.82) is 0 Å². The summed E-state index contributed by atoms with van der Waals surface area (Å²) in [6.45, 7) is 3.45. The topological polar surface area (TPSA) is 64.3 Å². The molecule has 116 valence electrons. The largest absolute Gasteiger partial charge is 0.491 e. The first kappa shape index (κ1) is 15.7. The van der Waals surface area contributed by atoms with E-state index >= 15 is 0 Å². The fourth-order valence-electron chi connectivity index (χ4n) is 2.90. The van der Waals surface area contributed by atoms with Gasteiger partial charge >= 0.3 is 0 Å². The Hall–Kier alpha value is -1.71. The molecule has 4 heteroatoms. The number of amides is 1. The predicted molar refractivity (Wildman–Crippen MR) is 85.1 cm³/mol. The average molecular weight is 290 g/mol. The Balaban J connectivity index is 1.64. The van der Waals surface area contributed by atoms with E-state index in [2.05, 4.69) is 12.2 Å². The summed E-state index contributed by atoms with van der Waals surface area (Å²) in [5.74, 6) is 2.06. The molecule has 1 aliphatic rings. The summed E-state index contributed by atoms with van der Waals surface area (Å²) < 4.78 is 5.53. The Morgan fingerprint density at radius 2 is 2.10 bits per heavy atom. The summed E-state index contributed by atoms with van der Waals surface area (Å²) in [4.78, 5) is 11.8. The van der Waals surface area contributed by atoms with Crippen molar-refractivity contribution in [2.24, 2.45) is 11.8 Å². The number of nitrogens with one attached hydrogen (secondary N) is 1. The van der Waals surface area contributed by atoms with Crippen LogP contribution in [0.4, 0.5) is 5.69 Å². The Bertz CT molecular complexity index is 462. The van der Waals surface area contributed by atoms with Gasteiger partial charge in [0, 0.05) is 6.54 Å². The molecule has 1 aromatic carbocycles. The van der Waals surface area contributed by atoms with Crippen LogP contribution in [0.2, 0.25) is 0 Å². The number of carbonyl (C=O) groups is 1. The van der Waals surface area contributed by atoms with E-state index in [1.54, 1.807) is 6.07 Å². The van der Waals surface area contributed by atoms with Gasteiger partial charge in [-0.25, -0.2) is 0 Å². The highest BCUT2D eigenvalue weighted by atomic mass is 16.5. The van der Waals surface area contributed by atoms with Gasteiger partial charge in [0.2, 0.25) is 5.91 Å². The van der Waals surface area contributed by atoms with Gasteiger partial charge in [-0.2, -0.15) is 0 Å².